The number of carbonyl (C=O) groups is 2. The molecule has 1 N–H and O–H groups in total. The molecule has 1 saturated heterocycles. The monoisotopic (exact) mass is 238 g/mol. The standard InChI is InChI=1S/C11H11FN2O3/c1-13-6-9(10(15)16)14(11(13)17)8-4-2-3-7(12)5-8/h2-5,9H,6H2,1H3,(H,15,16). The number of carbonyl (C=O) groups excluding carboxylic acids is 1. The summed E-state index contributed by atoms with van der Waals surface area (Å²) < 4.78 is 13.1. The molecule has 0 saturated carbocycles. The molecule has 2 amide bonds. The fourth-order valence-corrected chi connectivity index (χ4v) is 1.84. The zero-order valence-electron chi connectivity index (χ0n) is 9.13. The highest BCUT2D eigenvalue weighted by Gasteiger charge is 2.40. The van der Waals surface area contributed by atoms with E-state index >= 15 is 0 Å². The van der Waals surface area contributed by atoms with Gasteiger partial charge in [-0.05, 0) is 18.2 Å². The van der Waals surface area contributed by atoms with Gasteiger partial charge in [0.15, 0.2) is 6.04 Å². The average molecular weight is 238 g/mol. The minimum Gasteiger partial charge on any atom is -0.480 e. The lowest BCUT2D eigenvalue weighted by Gasteiger charge is -2.20. The van der Waals surface area contributed by atoms with Gasteiger partial charge in [-0.1, -0.05) is 6.07 Å². The molecule has 0 aromatic heterocycles. The Bertz CT molecular complexity index is 478. The number of anilines is 1. The maximum absolute atomic E-state index is 13.1. The van der Waals surface area contributed by atoms with E-state index in [-0.39, 0.29) is 12.2 Å². The van der Waals surface area contributed by atoms with Gasteiger partial charge in [-0.2, -0.15) is 0 Å². The van der Waals surface area contributed by atoms with Crippen molar-refractivity contribution < 1.29 is 19.1 Å². The summed E-state index contributed by atoms with van der Waals surface area (Å²) in [6.45, 7) is 0.0880. The van der Waals surface area contributed by atoms with Crippen molar-refractivity contribution in [3.63, 3.8) is 0 Å². The highest BCUT2D eigenvalue weighted by molar-refractivity contribution is 6.01. The molecule has 90 valence electrons. The highest BCUT2D eigenvalue weighted by atomic mass is 19.1. The van der Waals surface area contributed by atoms with Gasteiger partial charge in [0.2, 0.25) is 0 Å². The number of hydrogen-bond acceptors (Lipinski definition) is 2. The summed E-state index contributed by atoms with van der Waals surface area (Å²) in [5, 5.41) is 9.04. The second-order valence-electron chi connectivity index (χ2n) is 3.87. The first-order valence-corrected chi connectivity index (χ1v) is 5.03. The minimum absolute atomic E-state index is 0.0880. The van der Waals surface area contributed by atoms with E-state index < -0.39 is 23.9 Å². The van der Waals surface area contributed by atoms with Crippen molar-refractivity contribution in [2.75, 3.05) is 18.5 Å². The molecule has 1 aromatic carbocycles. The summed E-state index contributed by atoms with van der Waals surface area (Å²) in [7, 11) is 1.51. The molecule has 17 heavy (non-hydrogen) atoms. The number of likely N-dealkylation sites (N-methyl/N-ethyl adjacent to an activating group) is 1. The van der Waals surface area contributed by atoms with Crippen LogP contribution in [0.4, 0.5) is 14.9 Å². The van der Waals surface area contributed by atoms with E-state index in [0.29, 0.717) is 0 Å². The lowest BCUT2D eigenvalue weighted by Crippen LogP contribution is -2.39. The molecule has 0 aliphatic carbocycles. The molecule has 6 heteroatoms. The molecule has 1 atom stereocenters. The number of rotatable bonds is 2. The van der Waals surface area contributed by atoms with Crippen LogP contribution in [-0.4, -0.2) is 41.6 Å². The van der Waals surface area contributed by atoms with Crippen LogP contribution in [0.2, 0.25) is 0 Å². The van der Waals surface area contributed by atoms with Crippen LogP contribution >= 0.6 is 0 Å². The first-order chi connectivity index (χ1) is 8.00. The third kappa shape index (κ3) is 1.93. The van der Waals surface area contributed by atoms with Crippen molar-refractivity contribution in [1.29, 1.82) is 0 Å². The van der Waals surface area contributed by atoms with Crippen molar-refractivity contribution >= 4 is 17.7 Å². The van der Waals surface area contributed by atoms with Gasteiger partial charge in [0.25, 0.3) is 0 Å². The second kappa shape index (κ2) is 4.04. The SMILES string of the molecule is CN1CC(C(=O)O)N(c2cccc(F)c2)C1=O. The fraction of sp³-hybridized carbons (Fsp3) is 0.273. The van der Waals surface area contributed by atoms with E-state index in [1.165, 1.54) is 30.1 Å². The van der Waals surface area contributed by atoms with Crippen LogP contribution in [0.5, 0.6) is 0 Å². The lowest BCUT2D eigenvalue weighted by atomic mass is 10.2. The Labute approximate surface area is 97.1 Å². The summed E-state index contributed by atoms with van der Waals surface area (Å²) in [5.74, 6) is -1.61. The third-order valence-electron chi connectivity index (χ3n) is 2.66. The van der Waals surface area contributed by atoms with Gasteiger partial charge in [-0.15, -0.1) is 0 Å². The van der Waals surface area contributed by atoms with Gasteiger partial charge < -0.3 is 10.0 Å². The van der Waals surface area contributed by atoms with E-state index in [0.717, 1.165) is 11.0 Å². The van der Waals surface area contributed by atoms with Crippen LogP contribution in [-0.2, 0) is 4.79 Å². The molecule has 1 aliphatic rings. The van der Waals surface area contributed by atoms with E-state index in [1.807, 2.05) is 0 Å². The number of amides is 2. The maximum atomic E-state index is 13.1. The smallest absolute Gasteiger partial charge is 0.328 e. The first kappa shape index (κ1) is 11.4. The molecular formula is C11H11FN2O3. The number of nitrogens with zero attached hydrogens (tertiary/aromatic N) is 2. The molecule has 1 unspecified atom stereocenters. The Morgan fingerprint density at radius 1 is 1.53 bits per heavy atom. The Balaban J connectivity index is 2.41. The summed E-state index contributed by atoms with van der Waals surface area (Å²) in [6.07, 6.45) is 0. The molecule has 1 aliphatic heterocycles. The number of hydrogen-bond donors (Lipinski definition) is 1. The van der Waals surface area contributed by atoms with Crippen molar-refractivity contribution in [1.82, 2.24) is 4.90 Å². The zero-order valence-corrected chi connectivity index (χ0v) is 9.13. The average Bonchev–Trinajstić information content (AvgIpc) is 2.56. The number of carboxylic acid groups (broad SMARTS) is 1. The zero-order chi connectivity index (χ0) is 12.6. The summed E-state index contributed by atoms with van der Waals surface area (Å²) >= 11 is 0. The van der Waals surface area contributed by atoms with Gasteiger partial charge in [-0.25, -0.2) is 14.0 Å². The molecular weight excluding hydrogens is 227 g/mol. The minimum atomic E-state index is -1.10. The summed E-state index contributed by atoms with van der Waals surface area (Å²) in [5.41, 5.74) is 0.256. The summed E-state index contributed by atoms with van der Waals surface area (Å²) in [6, 6.07) is 3.92. The number of benzene rings is 1. The van der Waals surface area contributed by atoms with Crippen molar-refractivity contribution in [2.24, 2.45) is 0 Å². The van der Waals surface area contributed by atoms with Crippen molar-refractivity contribution in [2.45, 2.75) is 6.04 Å². The topological polar surface area (TPSA) is 60.9 Å². The molecule has 2 rings (SSSR count). The van der Waals surface area contributed by atoms with E-state index in [9.17, 15) is 14.0 Å². The van der Waals surface area contributed by atoms with Crippen LogP contribution < -0.4 is 4.90 Å². The largest absolute Gasteiger partial charge is 0.480 e. The summed E-state index contributed by atoms with van der Waals surface area (Å²) in [4.78, 5) is 25.2. The van der Waals surface area contributed by atoms with Crippen LogP contribution in [0, 0.1) is 5.82 Å². The molecule has 1 fully saturated rings. The molecule has 1 heterocycles. The van der Waals surface area contributed by atoms with Gasteiger partial charge in [0.05, 0.1) is 6.54 Å². The van der Waals surface area contributed by atoms with E-state index in [4.69, 9.17) is 5.11 Å². The molecule has 0 bridgehead atoms. The highest BCUT2D eigenvalue weighted by Crippen LogP contribution is 2.24. The Morgan fingerprint density at radius 2 is 2.24 bits per heavy atom. The maximum Gasteiger partial charge on any atom is 0.328 e. The lowest BCUT2D eigenvalue weighted by molar-refractivity contribution is -0.138. The van der Waals surface area contributed by atoms with Crippen LogP contribution in [0.15, 0.2) is 24.3 Å². The molecule has 0 spiro atoms. The number of halogens is 1. The number of aliphatic carboxylic acids is 1. The van der Waals surface area contributed by atoms with E-state index in [1.54, 1.807) is 0 Å². The van der Waals surface area contributed by atoms with E-state index in [2.05, 4.69) is 0 Å². The van der Waals surface area contributed by atoms with Crippen LogP contribution in [0.25, 0.3) is 0 Å². The predicted octanol–water partition coefficient (Wildman–Crippen LogP) is 1.15. The van der Waals surface area contributed by atoms with Gasteiger partial charge in [0, 0.05) is 12.7 Å². The van der Waals surface area contributed by atoms with Gasteiger partial charge in [0.1, 0.15) is 5.82 Å². The Morgan fingerprint density at radius 3 is 2.82 bits per heavy atom. The Hall–Kier alpha value is -2.11. The van der Waals surface area contributed by atoms with Gasteiger partial charge in [-0.3, -0.25) is 4.90 Å². The van der Waals surface area contributed by atoms with Gasteiger partial charge >= 0.3 is 12.0 Å². The van der Waals surface area contributed by atoms with Crippen LogP contribution in [0.1, 0.15) is 0 Å². The molecule has 5 nitrogen and oxygen atoms in total. The third-order valence-corrected chi connectivity index (χ3v) is 2.66. The molecule has 1 aromatic rings. The predicted molar refractivity (Wildman–Crippen MR) is 58.3 cm³/mol. The van der Waals surface area contributed by atoms with Crippen molar-refractivity contribution in [3.8, 4) is 0 Å². The fourth-order valence-electron chi connectivity index (χ4n) is 1.84. The Kier molecular flexibility index (Phi) is 2.71. The number of carboxylic acids is 1. The quantitative estimate of drug-likeness (QED) is 0.840. The van der Waals surface area contributed by atoms with Crippen LogP contribution in [0.3, 0.4) is 0 Å². The molecule has 0 radical (unpaired) electrons. The second-order valence-corrected chi connectivity index (χ2v) is 3.87. The van der Waals surface area contributed by atoms with Crippen molar-refractivity contribution in [3.05, 3.63) is 30.1 Å². The normalized spacial score (nSPS) is 19.9. The first-order valence-electron chi connectivity index (χ1n) is 5.03. The number of urea groups is 1.